The van der Waals surface area contributed by atoms with Gasteiger partial charge in [0.1, 0.15) is 0 Å². The van der Waals surface area contributed by atoms with Gasteiger partial charge in [-0.2, -0.15) is 5.10 Å². The lowest BCUT2D eigenvalue weighted by Crippen LogP contribution is -2.53. The molecule has 1 aliphatic rings. The second-order valence-electron chi connectivity index (χ2n) is 4.19. The summed E-state index contributed by atoms with van der Waals surface area (Å²) in [4.78, 5) is 2.49. The molecular formula is C10H18N4. The molecule has 1 fully saturated rings. The van der Waals surface area contributed by atoms with Crippen LogP contribution in [0.1, 0.15) is 19.4 Å². The zero-order valence-electron chi connectivity index (χ0n) is 8.83. The van der Waals surface area contributed by atoms with Crippen LogP contribution in [0.2, 0.25) is 0 Å². The molecule has 0 spiro atoms. The first-order valence-electron chi connectivity index (χ1n) is 5.21. The van der Waals surface area contributed by atoms with Gasteiger partial charge in [-0.15, -0.1) is 0 Å². The van der Waals surface area contributed by atoms with Gasteiger partial charge >= 0.3 is 0 Å². The number of rotatable bonds is 2. The van der Waals surface area contributed by atoms with Gasteiger partial charge < -0.3 is 5.32 Å². The van der Waals surface area contributed by atoms with Gasteiger partial charge in [0, 0.05) is 43.5 Å². The Morgan fingerprint density at radius 3 is 3.14 bits per heavy atom. The van der Waals surface area contributed by atoms with E-state index < -0.39 is 0 Å². The zero-order chi connectivity index (χ0) is 9.97. The number of H-pyrrole nitrogens is 1. The fourth-order valence-electron chi connectivity index (χ4n) is 1.92. The van der Waals surface area contributed by atoms with E-state index in [1.165, 1.54) is 5.56 Å². The van der Waals surface area contributed by atoms with E-state index in [9.17, 15) is 0 Å². The Balaban J connectivity index is 1.95. The molecule has 78 valence electrons. The lowest BCUT2D eigenvalue weighted by molar-refractivity contribution is 0.139. The minimum atomic E-state index is 0.595. The van der Waals surface area contributed by atoms with Gasteiger partial charge in [-0.3, -0.25) is 10.00 Å². The van der Waals surface area contributed by atoms with E-state index in [2.05, 4.69) is 34.3 Å². The predicted octanol–water partition coefficient (Wildman–Crippen LogP) is 0.592. The van der Waals surface area contributed by atoms with E-state index in [-0.39, 0.29) is 0 Å². The average molecular weight is 194 g/mol. The van der Waals surface area contributed by atoms with Crippen molar-refractivity contribution >= 4 is 0 Å². The van der Waals surface area contributed by atoms with Gasteiger partial charge in [0.25, 0.3) is 0 Å². The van der Waals surface area contributed by atoms with Crippen LogP contribution in [0.3, 0.4) is 0 Å². The molecule has 0 aromatic carbocycles. The molecule has 1 aromatic rings. The molecule has 0 bridgehead atoms. The van der Waals surface area contributed by atoms with Crippen molar-refractivity contribution in [1.29, 1.82) is 0 Å². The fourth-order valence-corrected chi connectivity index (χ4v) is 1.92. The molecule has 0 unspecified atom stereocenters. The van der Waals surface area contributed by atoms with Crippen LogP contribution >= 0.6 is 0 Å². The molecule has 0 radical (unpaired) electrons. The largest absolute Gasteiger partial charge is 0.311 e. The molecule has 0 amide bonds. The molecule has 1 aromatic heterocycles. The Kier molecular flexibility index (Phi) is 2.84. The monoisotopic (exact) mass is 194 g/mol. The maximum Gasteiger partial charge on any atom is 0.0532 e. The maximum absolute atomic E-state index is 3.96. The number of nitrogens with one attached hydrogen (secondary N) is 2. The van der Waals surface area contributed by atoms with E-state index >= 15 is 0 Å². The lowest BCUT2D eigenvalue weighted by Gasteiger charge is -2.37. The Labute approximate surface area is 84.7 Å². The smallest absolute Gasteiger partial charge is 0.0532 e. The van der Waals surface area contributed by atoms with Crippen molar-refractivity contribution in [3.63, 3.8) is 0 Å². The third kappa shape index (κ3) is 2.13. The minimum absolute atomic E-state index is 0.595. The number of hydrogen-bond donors (Lipinski definition) is 2. The lowest BCUT2D eigenvalue weighted by atomic mass is 10.1. The second-order valence-corrected chi connectivity index (χ2v) is 4.19. The van der Waals surface area contributed by atoms with Gasteiger partial charge in [0.2, 0.25) is 0 Å². The topological polar surface area (TPSA) is 44.0 Å². The summed E-state index contributed by atoms with van der Waals surface area (Å²) < 4.78 is 0. The first-order valence-corrected chi connectivity index (χ1v) is 5.21. The molecule has 4 heteroatoms. The Bertz CT molecular complexity index is 270. The normalized spacial score (nSPS) is 29.3. The maximum atomic E-state index is 3.96. The van der Waals surface area contributed by atoms with Gasteiger partial charge in [-0.1, -0.05) is 0 Å². The highest BCUT2D eigenvalue weighted by atomic mass is 15.2. The van der Waals surface area contributed by atoms with Gasteiger partial charge in [-0.05, 0) is 13.8 Å². The molecule has 2 atom stereocenters. The van der Waals surface area contributed by atoms with E-state index in [1.54, 1.807) is 0 Å². The third-order valence-electron chi connectivity index (χ3n) is 2.83. The predicted molar refractivity (Wildman–Crippen MR) is 55.9 cm³/mol. The van der Waals surface area contributed by atoms with E-state index in [0.29, 0.717) is 12.1 Å². The summed E-state index contributed by atoms with van der Waals surface area (Å²) in [6.45, 7) is 7.70. The van der Waals surface area contributed by atoms with E-state index in [4.69, 9.17) is 0 Å². The summed E-state index contributed by atoms with van der Waals surface area (Å²) in [5.41, 5.74) is 1.27. The van der Waals surface area contributed by atoms with Crippen LogP contribution in [-0.4, -0.2) is 40.3 Å². The van der Waals surface area contributed by atoms with Crippen molar-refractivity contribution in [3.8, 4) is 0 Å². The summed E-state index contributed by atoms with van der Waals surface area (Å²) >= 11 is 0. The third-order valence-corrected chi connectivity index (χ3v) is 2.83. The van der Waals surface area contributed by atoms with E-state index in [0.717, 1.165) is 19.6 Å². The van der Waals surface area contributed by atoms with Crippen molar-refractivity contribution in [1.82, 2.24) is 20.4 Å². The molecular weight excluding hydrogens is 176 g/mol. The van der Waals surface area contributed by atoms with Crippen LogP contribution in [0.4, 0.5) is 0 Å². The number of hydrogen-bond acceptors (Lipinski definition) is 3. The molecule has 2 heterocycles. The van der Waals surface area contributed by atoms with Crippen molar-refractivity contribution in [2.75, 3.05) is 13.1 Å². The Morgan fingerprint density at radius 1 is 1.57 bits per heavy atom. The number of aromatic nitrogens is 2. The number of nitrogens with zero attached hydrogens (tertiary/aromatic N) is 2. The SMILES string of the molecule is C[C@@H]1CN(Cc2cn[nH]c2)[C@@H](C)CN1. The van der Waals surface area contributed by atoms with Gasteiger partial charge in [-0.25, -0.2) is 0 Å². The van der Waals surface area contributed by atoms with Crippen LogP contribution in [0.25, 0.3) is 0 Å². The Morgan fingerprint density at radius 2 is 2.43 bits per heavy atom. The molecule has 0 aliphatic carbocycles. The molecule has 14 heavy (non-hydrogen) atoms. The van der Waals surface area contributed by atoms with Gasteiger partial charge in [0.05, 0.1) is 6.20 Å². The quantitative estimate of drug-likeness (QED) is 0.724. The van der Waals surface area contributed by atoms with Crippen LogP contribution in [0, 0.1) is 0 Å². The first kappa shape index (κ1) is 9.68. The average Bonchev–Trinajstić information content (AvgIpc) is 2.64. The fraction of sp³-hybridized carbons (Fsp3) is 0.700. The van der Waals surface area contributed by atoms with Crippen LogP contribution in [-0.2, 0) is 6.54 Å². The van der Waals surface area contributed by atoms with Crippen molar-refractivity contribution in [2.45, 2.75) is 32.5 Å². The molecule has 1 aliphatic heterocycles. The summed E-state index contributed by atoms with van der Waals surface area (Å²) in [5.74, 6) is 0. The van der Waals surface area contributed by atoms with Crippen LogP contribution in [0.15, 0.2) is 12.4 Å². The molecule has 2 rings (SSSR count). The number of aromatic amines is 1. The standard InChI is InChI=1S/C10H18N4/c1-8-6-14(9(2)3-11-8)7-10-4-12-13-5-10/h4-5,8-9,11H,3,6-7H2,1-2H3,(H,12,13)/t8-,9+/m1/s1. The number of piperazine rings is 1. The molecule has 0 saturated carbocycles. The summed E-state index contributed by atoms with van der Waals surface area (Å²) in [6.07, 6.45) is 3.87. The molecule has 2 N–H and O–H groups in total. The van der Waals surface area contributed by atoms with Crippen LogP contribution in [0.5, 0.6) is 0 Å². The second kappa shape index (κ2) is 4.11. The van der Waals surface area contributed by atoms with E-state index in [1.807, 2.05) is 12.4 Å². The summed E-state index contributed by atoms with van der Waals surface area (Å²) in [6, 6.07) is 1.21. The Hall–Kier alpha value is -0.870. The summed E-state index contributed by atoms with van der Waals surface area (Å²) in [5, 5.41) is 10.3. The van der Waals surface area contributed by atoms with Crippen molar-refractivity contribution < 1.29 is 0 Å². The highest BCUT2D eigenvalue weighted by molar-refractivity contribution is 5.03. The minimum Gasteiger partial charge on any atom is -0.311 e. The van der Waals surface area contributed by atoms with Crippen molar-refractivity contribution in [2.24, 2.45) is 0 Å². The van der Waals surface area contributed by atoms with Crippen LogP contribution < -0.4 is 5.32 Å². The van der Waals surface area contributed by atoms with Gasteiger partial charge in [0.15, 0.2) is 0 Å². The summed E-state index contributed by atoms with van der Waals surface area (Å²) in [7, 11) is 0. The zero-order valence-corrected chi connectivity index (χ0v) is 8.83. The van der Waals surface area contributed by atoms with Crippen molar-refractivity contribution in [3.05, 3.63) is 18.0 Å². The molecule has 4 nitrogen and oxygen atoms in total. The first-order chi connectivity index (χ1) is 6.75. The highest BCUT2D eigenvalue weighted by Gasteiger charge is 2.22. The highest BCUT2D eigenvalue weighted by Crippen LogP contribution is 2.10. The molecule has 1 saturated heterocycles.